The molecule has 80 valence electrons. The van der Waals surface area contributed by atoms with Crippen molar-refractivity contribution in [2.75, 3.05) is 6.61 Å². The van der Waals surface area contributed by atoms with E-state index in [0.717, 1.165) is 25.0 Å². The van der Waals surface area contributed by atoms with Gasteiger partial charge in [0.15, 0.2) is 0 Å². The molecule has 4 nitrogen and oxygen atoms in total. The van der Waals surface area contributed by atoms with E-state index in [1.807, 2.05) is 20.0 Å². The number of aromatic nitrogens is 2. The largest absolute Gasteiger partial charge is 0.475 e. The van der Waals surface area contributed by atoms with Gasteiger partial charge in [-0.25, -0.2) is 0 Å². The SMILES string of the molecule is Cc1cc(OCC2(C#N)CCC2)nn1C. The van der Waals surface area contributed by atoms with Gasteiger partial charge in [-0.05, 0) is 19.8 Å². The fraction of sp³-hybridized carbons (Fsp3) is 0.636. The number of hydrogen-bond donors (Lipinski definition) is 0. The summed E-state index contributed by atoms with van der Waals surface area (Å²) in [5.41, 5.74) is 0.815. The van der Waals surface area contributed by atoms with E-state index < -0.39 is 0 Å². The first kappa shape index (κ1) is 10.0. The molecule has 1 fully saturated rings. The Morgan fingerprint density at radius 1 is 1.67 bits per heavy atom. The number of aryl methyl sites for hydroxylation is 2. The van der Waals surface area contributed by atoms with Gasteiger partial charge in [0, 0.05) is 18.8 Å². The van der Waals surface area contributed by atoms with Crippen LogP contribution >= 0.6 is 0 Å². The minimum absolute atomic E-state index is 0.245. The highest BCUT2D eigenvalue weighted by Crippen LogP contribution is 2.40. The molecule has 0 saturated heterocycles. The highest BCUT2D eigenvalue weighted by atomic mass is 16.5. The Morgan fingerprint density at radius 3 is 2.80 bits per heavy atom. The van der Waals surface area contributed by atoms with Crippen LogP contribution in [0.4, 0.5) is 0 Å². The Morgan fingerprint density at radius 2 is 2.40 bits per heavy atom. The number of nitriles is 1. The topological polar surface area (TPSA) is 50.8 Å². The summed E-state index contributed by atoms with van der Waals surface area (Å²) in [6.45, 7) is 2.45. The van der Waals surface area contributed by atoms with Crippen molar-refractivity contribution in [2.24, 2.45) is 12.5 Å². The number of ether oxygens (including phenoxy) is 1. The molecule has 0 aromatic carbocycles. The summed E-state index contributed by atoms with van der Waals surface area (Å²) in [4.78, 5) is 0. The maximum absolute atomic E-state index is 9.02. The molecule has 15 heavy (non-hydrogen) atoms. The zero-order valence-corrected chi connectivity index (χ0v) is 9.16. The van der Waals surface area contributed by atoms with Crippen LogP contribution in [0.3, 0.4) is 0 Å². The second kappa shape index (κ2) is 3.58. The molecule has 0 unspecified atom stereocenters. The lowest BCUT2D eigenvalue weighted by Crippen LogP contribution is -2.34. The summed E-state index contributed by atoms with van der Waals surface area (Å²) < 4.78 is 7.32. The van der Waals surface area contributed by atoms with Crippen LogP contribution in [0.5, 0.6) is 5.88 Å². The first-order valence-electron chi connectivity index (χ1n) is 5.20. The molecule has 1 aliphatic rings. The van der Waals surface area contributed by atoms with Crippen molar-refractivity contribution >= 4 is 0 Å². The van der Waals surface area contributed by atoms with Crippen LogP contribution in [0.2, 0.25) is 0 Å². The molecule has 1 saturated carbocycles. The molecule has 0 spiro atoms. The lowest BCUT2D eigenvalue weighted by Gasteiger charge is -2.34. The maximum atomic E-state index is 9.02. The Hall–Kier alpha value is -1.50. The second-order valence-corrected chi connectivity index (χ2v) is 4.28. The van der Waals surface area contributed by atoms with Crippen LogP contribution < -0.4 is 4.74 Å². The fourth-order valence-corrected chi connectivity index (χ4v) is 1.70. The smallest absolute Gasteiger partial charge is 0.233 e. The summed E-state index contributed by atoms with van der Waals surface area (Å²) in [5.74, 6) is 0.622. The van der Waals surface area contributed by atoms with Crippen molar-refractivity contribution < 1.29 is 4.74 Å². The minimum Gasteiger partial charge on any atom is -0.475 e. The number of hydrogen-bond acceptors (Lipinski definition) is 3. The first-order chi connectivity index (χ1) is 7.15. The number of rotatable bonds is 3. The van der Waals surface area contributed by atoms with Crippen molar-refractivity contribution in [1.29, 1.82) is 5.26 Å². The van der Waals surface area contributed by atoms with Gasteiger partial charge in [-0.3, -0.25) is 4.68 Å². The van der Waals surface area contributed by atoms with E-state index >= 15 is 0 Å². The zero-order valence-electron chi connectivity index (χ0n) is 9.16. The molecule has 1 aliphatic carbocycles. The molecule has 1 heterocycles. The van der Waals surface area contributed by atoms with E-state index in [0.29, 0.717) is 12.5 Å². The predicted molar refractivity (Wildman–Crippen MR) is 55.3 cm³/mol. The zero-order chi connectivity index (χ0) is 10.9. The molecule has 0 radical (unpaired) electrons. The molecule has 1 aromatic rings. The summed E-state index contributed by atoms with van der Waals surface area (Å²) in [6, 6.07) is 4.24. The molecule has 4 heteroatoms. The van der Waals surface area contributed by atoms with Crippen LogP contribution in [-0.2, 0) is 7.05 Å². The van der Waals surface area contributed by atoms with Crippen molar-refractivity contribution in [3.63, 3.8) is 0 Å². The third kappa shape index (κ3) is 1.82. The van der Waals surface area contributed by atoms with Gasteiger partial charge in [0.05, 0.1) is 11.5 Å². The summed E-state index contributed by atoms with van der Waals surface area (Å²) in [6.07, 6.45) is 3.04. The van der Waals surface area contributed by atoms with E-state index in [2.05, 4.69) is 11.2 Å². The molecular formula is C11H15N3O. The average Bonchev–Trinajstić information content (AvgIpc) is 2.45. The summed E-state index contributed by atoms with van der Waals surface area (Å²) >= 11 is 0. The minimum atomic E-state index is -0.245. The normalized spacial score (nSPS) is 17.9. The third-order valence-corrected chi connectivity index (χ3v) is 3.14. The quantitative estimate of drug-likeness (QED) is 0.756. The maximum Gasteiger partial charge on any atom is 0.233 e. The van der Waals surface area contributed by atoms with E-state index in [1.54, 1.807) is 4.68 Å². The van der Waals surface area contributed by atoms with Crippen LogP contribution in [0.25, 0.3) is 0 Å². The van der Waals surface area contributed by atoms with E-state index in [1.165, 1.54) is 0 Å². The van der Waals surface area contributed by atoms with Crippen LogP contribution in [0, 0.1) is 23.7 Å². The highest BCUT2D eigenvalue weighted by Gasteiger charge is 2.38. The van der Waals surface area contributed by atoms with Gasteiger partial charge in [-0.15, -0.1) is 5.10 Å². The Kier molecular flexibility index (Phi) is 2.39. The number of nitrogens with zero attached hydrogens (tertiary/aromatic N) is 3. The first-order valence-corrected chi connectivity index (χ1v) is 5.20. The van der Waals surface area contributed by atoms with Gasteiger partial charge in [-0.2, -0.15) is 5.26 Å². The van der Waals surface area contributed by atoms with Crippen LogP contribution in [0.15, 0.2) is 6.07 Å². The third-order valence-electron chi connectivity index (χ3n) is 3.14. The van der Waals surface area contributed by atoms with Crippen molar-refractivity contribution in [3.8, 4) is 11.9 Å². The molecular weight excluding hydrogens is 190 g/mol. The molecule has 2 rings (SSSR count). The van der Waals surface area contributed by atoms with Crippen molar-refractivity contribution in [2.45, 2.75) is 26.2 Å². The van der Waals surface area contributed by atoms with Gasteiger partial charge in [0.2, 0.25) is 5.88 Å². The predicted octanol–water partition coefficient (Wildman–Crippen LogP) is 1.80. The lowest BCUT2D eigenvalue weighted by molar-refractivity contribution is 0.111. The van der Waals surface area contributed by atoms with Crippen molar-refractivity contribution in [1.82, 2.24) is 9.78 Å². The van der Waals surface area contributed by atoms with Crippen molar-refractivity contribution in [3.05, 3.63) is 11.8 Å². The van der Waals surface area contributed by atoms with Gasteiger partial charge < -0.3 is 4.74 Å². The Balaban J connectivity index is 1.96. The monoisotopic (exact) mass is 205 g/mol. The standard InChI is InChI=1S/C11H15N3O/c1-9-6-10(13-14(9)2)15-8-11(7-12)4-3-5-11/h6H,3-5,8H2,1-2H3. The fourth-order valence-electron chi connectivity index (χ4n) is 1.70. The Labute approximate surface area is 89.5 Å². The highest BCUT2D eigenvalue weighted by molar-refractivity contribution is 5.15. The van der Waals surface area contributed by atoms with Crippen LogP contribution in [-0.4, -0.2) is 16.4 Å². The summed E-state index contributed by atoms with van der Waals surface area (Å²) in [7, 11) is 1.88. The lowest BCUT2D eigenvalue weighted by atomic mass is 9.71. The molecule has 1 aromatic heterocycles. The van der Waals surface area contributed by atoms with Gasteiger partial charge in [0.1, 0.15) is 6.61 Å². The summed E-state index contributed by atoms with van der Waals surface area (Å²) in [5, 5.41) is 13.2. The van der Waals surface area contributed by atoms with E-state index in [-0.39, 0.29) is 5.41 Å². The molecule has 0 aliphatic heterocycles. The van der Waals surface area contributed by atoms with E-state index in [4.69, 9.17) is 10.00 Å². The molecule has 0 N–H and O–H groups in total. The Bertz CT molecular complexity index is 379. The molecule has 0 amide bonds. The van der Waals surface area contributed by atoms with Gasteiger partial charge >= 0.3 is 0 Å². The van der Waals surface area contributed by atoms with Crippen LogP contribution in [0.1, 0.15) is 25.0 Å². The second-order valence-electron chi connectivity index (χ2n) is 4.28. The van der Waals surface area contributed by atoms with Gasteiger partial charge in [0.25, 0.3) is 0 Å². The average molecular weight is 205 g/mol. The van der Waals surface area contributed by atoms with E-state index in [9.17, 15) is 0 Å². The molecule has 0 bridgehead atoms. The molecule has 0 atom stereocenters. The van der Waals surface area contributed by atoms with Gasteiger partial charge in [-0.1, -0.05) is 6.42 Å².